The Balaban J connectivity index is 2.25. The third-order valence-corrected chi connectivity index (χ3v) is 2.81. The van der Waals surface area contributed by atoms with Crippen molar-refractivity contribution in [1.29, 1.82) is 0 Å². The van der Waals surface area contributed by atoms with Crippen LogP contribution in [0.2, 0.25) is 0 Å². The van der Waals surface area contributed by atoms with Crippen LogP contribution in [0.3, 0.4) is 0 Å². The van der Waals surface area contributed by atoms with Gasteiger partial charge in [-0.25, -0.2) is 8.78 Å². The molecule has 0 amide bonds. The molecular weight excluding hydrogens is 236 g/mol. The summed E-state index contributed by atoms with van der Waals surface area (Å²) in [5, 5.41) is 10.0. The van der Waals surface area contributed by atoms with Gasteiger partial charge < -0.3 is 10.8 Å². The molecule has 2 aromatic rings. The lowest BCUT2D eigenvalue weighted by molar-refractivity contribution is 0.146. The summed E-state index contributed by atoms with van der Waals surface area (Å²) < 4.78 is 25.9. The quantitative estimate of drug-likeness (QED) is 0.878. The van der Waals surface area contributed by atoms with Crippen LogP contribution in [0.25, 0.3) is 0 Å². The van der Waals surface area contributed by atoms with Gasteiger partial charge in [-0.2, -0.15) is 0 Å². The predicted molar refractivity (Wildman–Crippen MR) is 64.7 cm³/mol. The molecule has 0 radical (unpaired) electrons. The Kier molecular flexibility index (Phi) is 3.69. The fourth-order valence-electron chi connectivity index (χ4n) is 1.76. The molecule has 4 heteroatoms. The molecule has 0 fully saturated rings. The van der Waals surface area contributed by atoms with Crippen molar-refractivity contribution >= 4 is 0 Å². The van der Waals surface area contributed by atoms with Gasteiger partial charge in [0, 0.05) is 0 Å². The van der Waals surface area contributed by atoms with E-state index in [1.807, 2.05) is 6.07 Å². The third kappa shape index (κ3) is 2.55. The second kappa shape index (κ2) is 5.25. The van der Waals surface area contributed by atoms with Gasteiger partial charge in [-0.1, -0.05) is 36.4 Å². The van der Waals surface area contributed by atoms with Gasteiger partial charge in [0.05, 0.1) is 12.1 Å². The Bertz CT molecular complexity index is 531. The number of halogens is 2. The summed E-state index contributed by atoms with van der Waals surface area (Å²) in [6.45, 7) is 0. The average Bonchev–Trinajstić information content (AvgIpc) is 2.41. The van der Waals surface area contributed by atoms with E-state index >= 15 is 0 Å². The lowest BCUT2D eigenvalue weighted by atomic mass is 9.96. The molecule has 2 rings (SSSR count). The van der Waals surface area contributed by atoms with E-state index < -0.39 is 23.8 Å². The first-order chi connectivity index (χ1) is 8.59. The van der Waals surface area contributed by atoms with Crippen molar-refractivity contribution < 1.29 is 13.9 Å². The van der Waals surface area contributed by atoms with E-state index in [9.17, 15) is 13.9 Å². The summed E-state index contributed by atoms with van der Waals surface area (Å²) in [5.41, 5.74) is 6.88. The molecule has 3 N–H and O–H groups in total. The molecular formula is C14H13F2NO. The molecule has 0 aliphatic rings. The van der Waals surface area contributed by atoms with E-state index in [2.05, 4.69) is 0 Å². The minimum Gasteiger partial charge on any atom is -0.386 e. The van der Waals surface area contributed by atoms with Gasteiger partial charge in [-0.3, -0.25) is 0 Å². The molecule has 0 aliphatic carbocycles. The summed E-state index contributed by atoms with van der Waals surface area (Å²) in [6, 6.07) is 11.6. The molecule has 0 saturated heterocycles. The molecule has 0 aromatic heterocycles. The van der Waals surface area contributed by atoms with Gasteiger partial charge in [0.1, 0.15) is 0 Å². The van der Waals surface area contributed by atoms with E-state index in [1.165, 1.54) is 6.07 Å². The van der Waals surface area contributed by atoms with Crippen LogP contribution in [0.15, 0.2) is 48.5 Å². The number of benzene rings is 2. The number of aliphatic hydroxyl groups is 1. The second-order valence-electron chi connectivity index (χ2n) is 4.05. The van der Waals surface area contributed by atoms with Crippen molar-refractivity contribution in [2.45, 2.75) is 12.1 Å². The van der Waals surface area contributed by atoms with Crippen molar-refractivity contribution in [3.05, 3.63) is 71.3 Å². The van der Waals surface area contributed by atoms with Crippen LogP contribution >= 0.6 is 0 Å². The van der Waals surface area contributed by atoms with Crippen molar-refractivity contribution in [2.75, 3.05) is 0 Å². The van der Waals surface area contributed by atoms with Gasteiger partial charge in [0.2, 0.25) is 0 Å². The molecule has 18 heavy (non-hydrogen) atoms. The maximum absolute atomic E-state index is 13.1. The van der Waals surface area contributed by atoms with Gasteiger partial charge >= 0.3 is 0 Å². The topological polar surface area (TPSA) is 46.2 Å². The second-order valence-corrected chi connectivity index (χ2v) is 4.05. The fraction of sp³-hybridized carbons (Fsp3) is 0.143. The highest BCUT2D eigenvalue weighted by Crippen LogP contribution is 2.27. The number of hydrogen-bond acceptors (Lipinski definition) is 2. The Hall–Kier alpha value is -1.78. The lowest BCUT2D eigenvalue weighted by Crippen LogP contribution is -2.19. The number of hydrogen-bond donors (Lipinski definition) is 2. The van der Waals surface area contributed by atoms with Crippen molar-refractivity contribution in [1.82, 2.24) is 0 Å². The molecule has 2 aromatic carbocycles. The monoisotopic (exact) mass is 249 g/mol. The minimum absolute atomic E-state index is 0.255. The largest absolute Gasteiger partial charge is 0.386 e. The van der Waals surface area contributed by atoms with Gasteiger partial charge in [-0.15, -0.1) is 0 Å². The van der Waals surface area contributed by atoms with Crippen LogP contribution in [0.5, 0.6) is 0 Å². The summed E-state index contributed by atoms with van der Waals surface area (Å²) in [4.78, 5) is 0. The van der Waals surface area contributed by atoms with E-state index in [-0.39, 0.29) is 5.56 Å². The van der Waals surface area contributed by atoms with Gasteiger partial charge in [0.15, 0.2) is 11.6 Å². The Morgan fingerprint density at radius 2 is 1.56 bits per heavy atom. The predicted octanol–water partition coefficient (Wildman–Crippen LogP) is 2.70. The average molecular weight is 249 g/mol. The van der Waals surface area contributed by atoms with E-state index in [1.54, 1.807) is 24.3 Å². The van der Waals surface area contributed by atoms with Gasteiger partial charge in [0.25, 0.3) is 0 Å². The Morgan fingerprint density at radius 1 is 0.889 bits per heavy atom. The lowest BCUT2D eigenvalue weighted by Gasteiger charge is -2.19. The summed E-state index contributed by atoms with van der Waals surface area (Å²) in [7, 11) is 0. The number of aliphatic hydroxyl groups excluding tert-OH is 1. The van der Waals surface area contributed by atoms with Crippen LogP contribution in [0.1, 0.15) is 23.3 Å². The molecule has 2 atom stereocenters. The Morgan fingerprint density at radius 3 is 2.17 bits per heavy atom. The zero-order valence-electron chi connectivity index (χ0n) is 9.55. The van der Waals surface area contributed by atoms with Crippen LogP contribution in [0.4, 0.5) is 8.78 Å². The zero-order chi connectivity index (χ0) is 13.1. The van der Waals surface area contributed by atoms with Crippen LogP contribution in [0, 0.1) is 11.6 Å². The first-order valence-corrected chi connectivity index (χ1v) is 5.53. The third-order valence-electron chi connectivity index (χ3n) is 2.81. The standard InChI is InChI=1S/C14H13F2NO/c15-11-7-6-10(8-12(11)16)14(18)13(17)9-4-2-1-3-5-9/h1-8,13-14,18H,17H2. The summed E-state index contributed by atoms with van der Waals surface area (Å²) >= 11 is 0. The summed E-state index contributed by atoms with van der Waals surface area (Å²) in [6.07, 6.45) is -1.08. The highest BCUT2D eigenvalue weighted by Gasteiger charge is 2.19. The SMILES string of the molecule is NC(c1ccccc1)C(O)c1ccc(F)c(F)c1. The van der Waals surface area contributed by atoms with Crippen LogP contribution in [-0.2, 0) is 0 Å². The zero-order valence-corrected chi connectivity index (χ0v) is 9.55. The van der Waals surface area contributed by atoms with Crippen molar-refractivity contribution in [3.8, 4) is 0 Å². The molecule has 2 nitrogen and oxygen atoms in total. The first kappa shape index (κ1) is 12.7. The summed E-state index contributed by atoms with van der Waals surface area (Å²) in [5.74, 6) is -1.94. The molecule has 0 spiro atoms. The molecule has 2 unspecified atom stereocenters. The van der Waals surface area contributed by atoms with E-state index in [0.29, 0.717) is 0 Å². The normalized spacial score (nSPS) is 14.2. The van der Waals surface area contributed by atoms with E-state index in [0.717, 1.165) is 17.7 Å². The maximum Gasteiger partial charge on any atom is 0.159 e. The first-order valence-electron chi connectivity index (χ1n) is 5.53. The number of nitrogens with two attached hydrogens (primary N) is 1. The van der Waals surface area contributed by atoms with Crippen LogP contribution < -0.4 is 5.73 Å². The molecule has 0 heterocycles. The smallest absolute Gasteiger partial charge is 0.159 e. The minimum atomic E-state index is -1.08. The molecule has 94 valence electrons. The molecule has 0 bridgehead atoms. The molecule has 0 aliphatic heterocycles. The van der Waals surface area contributed by atoms with Gasteiger partial charge in [-0.05, 0) is 23.3 Å². The Labute approximate surface area is 104 Å². The van der Waals surface area contributed by atoms with Crippen LogP contribution in [-0.4, -0.2) is 5.11 Å². The fourth-order valence-corrected chi connectivity index (χ4v) is 1.76. The highest BCUT2D eigenvalue weighted by atomic mass is 19.2. The van der Waals surface area contributed by atoms with E-state index in [4.69, 9.17) is 5.73 Å². The molecule has 0 saturated carbocycles. The number of rotatable bonds is 3. The van der Waals surface area contributed by atoms with Crippen molar-refractivity contribution in [3.63, 3.8) is 0 Å². The van der Waals surface area contributed by atoms with Crippen molar-refractivity contribution in [2.24, 2.45) is 5.73 Å². The highest BCUT2D eigenvalue weighted by molar-refractivity contribution is 5.26. The maximum atomic E-state index is 13.1.